The van der Waals surface area contributed by atoms with Crippen molar-refractivity contribution in [2.45, 2.75) is 32.1 Å². The van der Waals surface area contributed by atoms with E-state index in [0.717, 1.165) is 23.8 Å². The number of sulfone groups is 1. The Morgan fingerprint density at radius 3 is 2.38 bits per heavy atom. The van der Waals surface area contributed by atoms with E-state index in [1.807, 2.05) is 13.0 Å². The molecule has 0 fully saturated rings. The minimum absolute atomic E-state index is 0.241. The zero-order valence-electron chi connectivity index (χ0n) is 14.1. The summed E-state index contributed by atoms with van der Waals surface area (Å²) in [5.41, 5.74) is 5.02. The van der Waals surface area contributed by atoms with Crippen LogP contribution in [0.5, 0.6) is 0 Å². The van der Waals surface area contributed by atoms with Crippen molar-refractivity contribution in [3.63, 3.8) is 0 Å². The zero-order chi connectivity index (χ0) is 17.9. The van der Waals surface area contributed by atoms with Gasteiger partial charge in [-0.25, -0.2) is 13.8 Å². The van der Waals surface area contributed by atoms with Gasteiger partial charge in [0.25, 0.3) is 5.91 Å². The van der Waals surface area contributed by atoms with Crippen LogP contribution in [0.4, 0.5) is 0 Å². The SMILES string of the molecule is CCc1sc(C(=O)N/N=C(/C)c2ccc(S(C)(=O)=O)cc2)cc1C. The Bertz CT molecular complexity index is 879. The topological polar surface area (TPSA) is 75.6 Å². The molecule has 7 heteroatoms. The standard InChI is InChI=1S/C17H20N2O3S2/c1-5-15-11(2)10-16(23-15)17(20)19-18-12(3)13-6-8-14(9-7-13)24(4,21)22/h6-10H,5H2,1-4H3,(H,19,20)/b18-12-. The Morgan fingerprint density at radius 1 is 1.25 bits per heavy atom. The molecule has 0 bridgehead atoms. The molecule has 0 saturated carbocycles. The zero-order valence-corrected chi connectivity index (χ0v) is 15.7. The van der Waals surface area contributed by atoms with Crippen LogP contribution in [0.3, 0.4) is 0 Å². The number of aryl methyl sites for hydroxylation is 2. The number of rotatable bonds is 5. The number of hydrogen-bond donors (Lipinski definition) is 1. The Labute approximate surface area is 146 Å². The van der Waals surface area contributed by atoms with Crippen LogP contribution in [0.15, 0.2) is 40.3 Å². The quantitative estimate of drug-likeness (QED) is 0.654. The van der Waals surface area contributed by atoms with Gasteiger partial charge in [-0.15, -0.1) is 11.3 Å². The molecule has 2 aromatic rings. The molecule has 1 aromatic heterocycles. The van der Waals surface area contributed by atoms with E-state index < -0.39 is 9.84 Å². The monoisotopic (exact) mass is 364 g/mol. The van der Waals surface area contributed by atoms with Crippen molar-refractivity contribution in [3.05, 3.63) is 51.2 Å². The summed E-state index contributed by atoms with van der Waals surface area (Å²) in [6.45, 7) is 5.81. The van der Waals surface area contributed by atoms with E-state index in [2.05, 4.69) is 17.5 Å². The first-order valence-corrected chi connectivity index (χ1v) is 10.2. The molecule has 1 amide bonds. The third-order valence-electron chi connectivity index (χ3n) is 3.59. The lowest BCUT2D eigenvalue weighted by molar-refractivity contribution is 0.0959. The van der Waals surface area contributed by atoms with Gasteiger partial charge in [0.1, 0.15) is 0 Å². The van der Waals surface area contributed by atoms with Gasteiger partial charge < -0.3 is 0 Å². The summed E-state index contributed by atoms with van der Waals surface area (Å²) in [5.74, 6) is -0.241. The lowest BCUT2D eigenvalue weighted by atomic mass is 10.1. The van der Waals surface area contributed by atoms with Crippen molar-refractivity contribution in [2.24, 2.45) is 5.10 Å². The molecule has 0 saturated heterocycles. The molecule has 0 atom stereocenters. The van der Waals surface area contributed by atoms with Gasteiger partial charge in [-0.2, -0.15) is 5.10 Å². The fraction of sp³-hybridized carbons (Fsp3) is 0.294. The van der Waals surface area contributed by atoms with Crippen LogP contribution in [0, 0.1) is 6.92 Å². The van der Waals surface area contributed by atoms with Crippen molar-refractivity contribution >= 4 is 32.8 Å². The number of hydrazone groups is 1. The van der Waals surface area contributed by atoms with Crippen molar-refractivity contribution in [2.75, 3.05) is 6.26 Å². The van der Waals surface area contributed by atoms with Crippen molar-refractivity contribution < 1.29 is 13.2 Å². The van der Waals surface area contributed by atoms with Gasteiger partial charge in [0.15, 0.2) is 9.84 Å². The smallest absolute Gasteiger partial charge is 0.266 e. The van der Waals surface area contributed by atoms with Crippen LogP contribution in [-0.2, 0) is 16.3 Å². The van der Waals surface area contributed by atoms with Gasteiger partial charge in [0.2, 0.25) is 0 Å². The Kier molecular flexibility index (Phi) is 5.56. The molecule has 0 unspecified atom stereocenters. The molecule has 0 radical (unpaired) electrons. The maximum atomic E-state index is 12.2. The highest BCUT2D eigenvalue weighted by molar-refractivity contribution is 7.90. The summed E-state index contributed by atoms with van der Waals surface area (Å²) in [7, 11) is -3.22. The largest absolute Gasteiger partial charge is 0.281 e. The number of carbonyl (C=O) groups is 1. The lowest BCUT2D eigenvalue weighted by Crippen LogP contribution is -2.18. The van der Waals surface area contributed by atoms with E-state index in [-0.39, 0.29) is 10.8 Å². The van der Waals surface area contributed by atoms with Crippen molar-refractivity contribution in [3.8, 4) is 0 Å². The molecule has 1 aromatic carbocycles. The first kappa shape index (κ1) is 18.4. The molecule has 128 valence electrons. The third kappa shape index (κ3) is 4.30. The highest BCUT2D eigenvalue weighted by atomic mass is 32.2. The Morgan fingerprint density at radius 2 is 1.88 bits per heavy atom. The summed E-state index contributed by atoms with van der Waals surface area (Å²) < 4.78 is 22.9. The highest BCUT2D eigenvalue weighted by Crippen LogP contribution is 2.22. The molecular formula is C17H20N2O3S2. The molecule has 1 heterocycles. The van der Waals surface area contributed by atoms with E-state index in [1.165, 1.54) is 28.3 Å². The fourth-order valence-corrected chi connectivity index (χ4v) is 3.81. The minimum Gasteiger partial charge on any atom is -0.266 e. The molecule has 0 aliphatic rings. The predicted octanol–water partition coefficient (Wildman–Crippen LogP) is 3.18. The summed E-state index contributed by atoms with van der Waals surface area (Å²) in [4.78, 5) is 14.2. The van der Waals surface area contributed by atoms with Gasteiger partial charge in [-0.1, -0.05) is 19.1 Å². The summed E-state index contributed by atoms with van der Waals surface area (Å²) in [6, 6.07) is 8.27. The van der Waals surface area contributed by atoms with Gasteiger partial charge in [0.05, 0.1) is 15.5 Å². The molecule has 5 nitrogen and oxygen atoms in total. The number of benzene rings is 1. The lowest BCUT2D eigenvalue weighted by Gasteiger charge is -2.03. The normalized spacial score (nSPS) is 12.2. The molecule has 1 N–H and O–H groups in total. The molecule has 2 rings (SSSR count). The van der Waals surface area contributed by atoms with Crippen molar-refractivity contribution in [1.82, 2.24) is 5.43 Å². The third-order valence-corrected chi connectivity index (χ3v) is 6.10. The number of nitrogens with zero attached hydrogens (tertiary/aromatic N) is 1. The first-order valence-electron chi connectivity index (χ1n) is 7.46. The van der Waals surface area contributed by atoms with E-state index in [9.17, 15) is 13.2 Å². The van der Waals surface area contributed by atoms with Gasteiger partial charge >= 0.3 is 0 Å². The minimum atomic E-state index is -3.22. The van der Waals surface area contributed by atoms with E-state index >= 15 is 0 Å². The maximum Gasteiger partial charge on any atom is 0.281 e. The van der Waals surface area contributed by atoms with Crippen molar-refractivity contribution in [1.29, 1.82) is 0 Å². The molecule has 24 heavy (non-hydrogen) atoms. The summed E-state index contributed by atoms with van der Waals surface area (Å²) >= 11 is 1.47. The number of carbonyl (C=O) groups excluding carboxylic acids is 1. The van der Waals surface area contributed by atoms with E-state index in [0.29, 0.717) is 10.6 Å². The molecule has 0 spiro atoms. The number of hydrogen-bond acceptors (Lipinski definition) is 5. The molecule has 0 aliphatic heterocycles. The number of thiophene rings is 1. The molecule has 0 aliphatic carbocycles. The van der Waals surface area contributed by atoms with Gasteiger partial charge in [-0.05, 0) is 49.6 Å². The summed E-state index contributed by atoms with van der Waals surface area (Å²) in [5, 5.41) is 4.10. The van der Waals surface area contributed by atoms with Crippen LogP contribution in [0.2, 0.25) is 0 Å². The first-order chi connectivity index (χ1) is 11.2. The second-order valence-corrected chi connectivity index (χ2v) is 8.66. The van der Waals surface area contributed by atoms with E-state index in [1.54, 1.807) is 19.1 Å². The van der Waals surface area contributed by atoms with Crippen LogP contribution in [0.25, 0.3) is 0 Å². The second kappa shape index (κ2) is 7.27. The average Bonchev–Trinajstić information content (AvgIpc) is 2.92. The molecular weight excluding hydrogens is 344 g/mol. The van der Waals surface area contributed by atoms with Crippen LogP contribution < -0.4 is 5.43 Å². The average molecular weight is 364 g/mol. The number of amides is 1. The van der Waals surface area contributed by atoms with E-state index in [4.69, 9.17) is 0 Å². The Hall–Kier alpha value is -1.99. The van der Waals surface area contributed by atoms with Crippen LogP contribution in [-0.4, -0.2) is 26.3 Å². The van der Waals surface area contributed by atoms with Gasteiger partial charge in [-0.3, -0.25) is 4.79 Å². The fourth-order valence-electron chi connectivity index (χ4n) is 2.18. The predicted molar refractivity (Wildman–Crippen MR) is 97.7 cm³/mol. The Balaban J connectivity index is 2.11. The maximum absolute atomic E-state index is 12.2. The highest BCUT2D eigenvalue weighted by Gasteiger charge is 2.11. The van der Waals surface area contributed by atoms with Crippen LogP contribution >= 0.6 is 11.3 Å². The van der Waals surface area contributed by atoms with Crippen LogP contribution in [0.1, 0.15) is 39.5 Å². The van der Waals surface area contributed by atoms with Gasteiger partial charge in [0, 0.05) is 11.1 Å². The summed E-state index contributed by atoms with van der Waals surface area (Å²) in [6.07, 6.45) is 2.06. The second-order valence-electron chi connectivity index (χ2n) is 5.51. The number of nitrogens with one attached hydrogen (secondary N) is 1.